The number of benzene rings is 1. The van der Waals surface area contributed by atoms with Crippen LogP contribution in [0, 0.1) is 0 Å². The van der Waals surface area contributed by atoms with Gasteiger partial charge in [0, 0.05) is 31.1 Å². The van der Waals surface area contributed by atoms with E-state index in [1.165, 1.54) is 16.3 Å². The number of hydrogen-bond acceptors (Lipinski definition) is 6. The first-order valence-electron chi connectivity index (χ1n) is 12.0. The molecule has 0 radical (unpaired) electrons. The average Bonchev–Trinajstić information content (AvgIpc) is 3.60. The maximum absolute atomic E-state index is 15.9. The van der Waals surface area contributed by atoms with Gasteiger partial charge >= 0.3 is 0 Å². The van der Waals surface area contributed by atoms with E-state index < -0.39 is 21.9 Å². The van der Waals surface area contributed by atoms with E-state index in [4.69, 9.17) is 14.7 Å². The minimum atomic E-state index is -3.86. The Morgan fingerprint density at radius 2 is 1.85 bits per heavy atom. The molecule has 1 saturated carbocycles. The lowest BCUT2D eigenvalue weighted by Gasteiger charge is -2.45. The zero-order valence-corrected chi connectivity index (χ0v) is 19.4. The normalized spacial score (nSPS) is 28.3. The molecule has 2 saturated heterocycles. The molecular weight excluding hydrogens is 443 g/mol. The molecule has 0 bridgehead atoms. The lowest BCUT2D eigenvalue weighted by Crippen LogP contribution is -2.62. The van der Waals surface area contributed by atoms with Gasteiger partial charge in [-0.25, -0.2) is 22.8 Å². The molecule has 0 N–H and O–H groups in total. The molecule has 3 heterocycles. The van der Waals surface area contributed by atoms with Crippen molar-refractivity contribution in [3.63, 3.8) is 0 Å². The number of nitrogens with zero attached hydrogens (tertiary/aromatic N) is 4. The Bertz CT molecular complexity index is 1160. The zero-order chi connectivity index (χ0) is 22.6. The number of aromatic nitrogens is 2. The molecule has 2 aromatic rings. The minimum absolute atomic E-state index is 0.0176. The summed E-state index contributed by atoms with van der Waals surface area (Å²) in [7, 11) is -3.86. The molecule has 2 aliphatic heterocycles. The number of rotatable bonds is 4. The van der Waals surface area contributed by atoms with Crippen LogP contribution in [0.25, 0.3) is 0 Å². The van der Waals surface area contributed by atoms with Crippen molar-refractivity contribution in [2.75, 3.05) is 31.1 Å². The van der Waals surface area contributed by atoms with Crippen LogP contribution in [0.4, 0.5) is 10.3 Å². The summed E-state index contributed by atoms with van der Waals surface area (Å²) in [4.78, 5) is 11.8. The highest BCUT2D eigenvalue weighted by Crippen LogP contribution is 2.44. The van der Waals surface area contributed by atoms with Gasteiger partial charge in [0.15, 0.2) is 11.9 Å². The van der Waals surface area contributed by atoms with E-state index in [9.17, 15) is 8.42 Å². The van der Waals surface area contributed by atoms with E-state index >= 15 is 4.39 Å². The van der Waals surface area contributed by atoms with Gasteiger partial charge in [0.2, 0.25) is 16.0 Å². The largest absolute Gasteiger partial charge is 0.355 e. The Hall–Kier alpha value is -2.10. The van der Waals surface area contributed by atoms with E-state index in [1.54, 1.807) is 30.3 Å². The van der Waals surface area contributed by atoms with Gasteiger partial charge in [-0.3, -0.25) is 0 Å². The predicted molar refractivity (Wildman–Crippen MR) is 121 cm³/mol. The van der Waals surface area contributed by atoms with Crippen LogP contribution >= 0.6 is 0 Å². The molecule has 2 atom stereocenters. The van der Waals surface area contributed by atoms with Crippen molar-refractivity contribution in [3.05, 3.63) is 47.3 Å². The third-order valence-electron chi connectivity index (χ3n) is 7.46. The molecule has 1 aromatic heterocycles. The van der Waals surface area contributed by atoms with Crippen LogP contribution in [0.15, 0.2) is 35.2 Å². The molecule has 176 valence electrons. The molecule has 7 nitrogen and oxygen atoms in total. The van der Waals surface area contributed by atoms with Gasteiger partial charge in [-0.15, -0.1) is 0 Å². The van der Waals surface area contributed by atoms with Gasteiger partial charge in [0.05, 0.1) is 23.7 Å². The average molecular weight is 473 g/mol. The fraction of sp³-hybridized carbons (Fsp3) is 0.583. The molecular formula is C24H29FN4O3S. The first-order valence-corrected chi connectivity index (χ1v) is 13.4. The second kappa shape index (κ2) is 7.99. The third kappa shape index (κ3) is 3.56. The third-order valence-corrected chi connectivity index (χ3v) is 9.40. The lowest BCUT2D eigenvalue weighted by molar-refractivity contribution is -0.116. The monoisotopic (exact) mass is 472 g/mol. The fourth-order valence-corrected chi connectivity index (χ4v) is 7.30. The summed E-state index contributed by atoms with van der Waals surface area (Å²) in [6.07, 6.45) is 5.36. The van der Waals surface area contributed by atoms with Crippen LogP contribution < -0.4 is 4.90 Å². The zero-order valence-electron chi connectivity index (χ0n) is 18.6. The molecule has 33 heavy (non-hydrogen) atoms. The lowest BCUT2D eigenvalue weighted by atomic mass is 9.93. The second-order valence-corrected chi connectivity index (χ2v) is 11.4. The first kappa shape index (κ1) is 21.4. The number of sulfonamides is 1. The second-order valence-electron chi connectivity index (χ2n) is 9.56. The highest BCUT2D eigenvalue weighted by Gasteiger charge is 2.57. The Morgan fingerprint density at radius 1 is 1.06 bits per heavy atom. The van der Waals surface area contributed by atoms with Crippen molar-refractivity contribution in [3.8, 4) is 0 Å². The molecule has 2 unspecified atom stereocenters. The van der Waals surface area contributed by atoms with E-state index in [0.717, 1.165) is 43.5 Å². The van der Waals surface area contributed by atoms with Crippen molar-refractivity contribution < 1.29 is 17.5 Å². The summed E-state index contributed by atoms with van der Waals surface area (Å²) >= 11 is 0. The molecule has 2 aliphatic carbocycles. The van der Waals surface area contributed by atoms with Crippen molar-refractivity contribution in [2.24, 2.45) is 0 Å². The fourth-order valence-electron chi connectivity index (χ4n) is 5.56. The van der Waals surface area contributed by atoms with Gasteiger partial charge in [0.25, 0.3) is 0 Å². The van der Waals surface area contributed by atoms with Crippen LogP contribution in [0.5, 0.6) is 0 Å². The van der Waals surface area contributed by atoms with Crippen molar-refractivity contribution in [2.45, 2.75) is 67.7 Å². The Balaban J connectivity index is 1.28. The van der Waals surface area contributed by atoms with E-state index in [-0.39, 0.29) is 31.0 Å². The molecule has 3 fully saturated rings. The van der Waals surface area contributed by atoms with Gasteiger partial charge in [-0.05, 0) is 56.2 Å². The summed E-state index contributed by atoms with van der Waals surface area (Å²) in [6.45, 7) is 0.806. The Morgan fingerprint density at radius 3 is 2.61 bits per heavy atom. The van der Waals surface area contributed by atoms with Crippen molar-refractivity contribution >= 4 is 16.0 Å². The van der Waals surface area contributed by atoms with Gasteiger partial charge < -0.3 is 9.64 Å². The van der Waals surface area contributed by atoms with Crippen LogP contribution in [0.3, 0.4) is 0 Å². The van der Waals surface area contributed by atoms with E-state index in [1.807, 2.05) is 4.90 Å². The SMILES string of the molecule is O=S(=O)(c1ccccc1)N1CCOC12CCN(c1nc3c(c(C4CC4)n1)CCCC3)CC2F. The first-order chi connectivity index (χ1) is 16.0. The maximum atomic E-state index is 15.9. The smallest absolute Gasteiger partial charge is 0.245 e. The molecule has 1 spiro atoms. The van der Waals surface area contributed by atoms with Crippen LogP contribution in [0.1, 0.15) is 55.0 Å². The Labute approximate surface area is 194 Å². The van der Waals surface area contributed by atoms with Crippen LogP contribution in [-0.4, -0.2) is 60.8 Å². The van der Waals surface area contributed by atoms with Crippen molar-refractivity contribution in [1.82, 2.24) is 14.3 Å². The molecule has 9 heteroatoms. The molecule has 1 aromatic carbocycles. The van der Waals surface area contributed by atoms with Gasteiger partial charge in [0.1, 0.15) is 0 Å². The van der Waals surface area contributed by atoms with E-state index in [2.05, 4.69) is 0 Å². The summed E-state index contributed by atoms with van der Waals surface area (Å²) in [6, 6.07) is 8.21. The Kier molecular flexibility index (Phi) is 5.19. The molecule has 0 amide bonds. The quantitative estimate of drug-likeness (QED) is 0.680. The van der Waals surface area contributed by atoms with Gasteiger partial charge in [-0.1, -0.05) is 18.2 Å². The van der Waals surface area contributed by atoms with Gasteiger partial charge in [-0.2, -0.15) is 4.31 Å². The standard InChI is InChI=1S/C24H29FN4O3S/c25-21-16-28(23-26-20-9-5-4-8-19(20)22(27-23)17-10-11-17)13-12-24(21)29(14-15-32-24)33(30,31)18-6-2-1-3-7-18/h1-3,6-7,17,21H,4-5,8-16H2. The topological polar surface area (TPSA) is 75.6 Å². The van der Waals surface area contributed by atoms with Crippen LogP contribution in [0.2, 0.25) is 0 Å². The minimum Gasteiger partial charge on any atom is -0.355 e. The number of anilines is 1. The number of ether oxygens (including phenoxy) is 1. The number of aryl methyl sites for hydroxylation is 1. The van der Waals surface area contributed by atoms with E-state index in [0.29, 0.717) is 18.4 Å². The summed E-state index contributed by atoms with van der Waals surface area (Å²) in [5.41, 5.74) is 2.13. The predicted octanol–water partition coefficient (Wildman–Crippen LogP) is 3.20. The number of alkyl halides is 1. The highest BCUT2D eigenvalue weighted by atomic mass is 32.2. The number of piperidine rings is 1. The molecule has 6 rings (SSSR count). The highest BCUT2D eigenvalue weighted by molar-refractivity contribution is 7.89. The summed E-state index contributed by atoms with van der Waals surface area (Å²) in [5, 5.41) is 0. The molecule has 4 aliphatic rings. The number of fused-ring (bicyclic) bond motifs is 1. The maximum Gasteiger partial charge on any atom is 0.245 e. The number of halogens is 1. The number of hydrogen-bond donors (Lipinski definition) is 0. The van der Waals surface area contributed by atoms with Crippen LogP contribution in [-0.2, 0) is 27.6 Å². The van der Waals surface area contributed by atoms with Crippen molar-refractivity contribution in [1.29, 1.82) is 0 Å². The summed E-state index contributed by atoms with van der Waals surface area (Å²) in [5.74, 6) is 1.10. The summed E-state index contributed by atoms with van der Waals surface area (Å²) < 4.78 is 49.6.